The van der Waals surface area contributed by atoms with Gasteiger partial charge in [-0.3, -0.25) is 4.99 Å². The van der Waals surface area contributed by atoms with Gasteiger partial charge in [0.25, 0.3) is 0 Å². The average Bonchev–Trinajstić information content (AvgIpc) is 3.30. The van der Waals surface area contributed by atoms with Crippen molar-refractivity contribution in [2.45, 2.75) is 26.7 Å². The Bertz CT molecular complexity index is 835. The monoisotopic (exact) mass is 462 g/mol. The molecule has 1 heterocycles. The molecule has 0 aliphatic carbocycles. The van der Waals surface area contributed by atoms with Crippen LogP contribution in [0.5, 0.6) is 0 Å². The van der Waals surface area contributed by atoms with E-state index in [4.69, 9.17) is 15.9 Å². The molecule has 1 atom stereocenters. The maximum Gasteiger partial charge on any atom is 1.00 e. The summed E-state index contributed by atoms with van der Waals surface area (Å²) in [6, 6.07) is 11.0. The largest absolute Gasteiger partial charge is 1.00 e. The molecule has 2 aromatic rings. The van der Waals surface area contributed by atoms with E-state index in [9.17, 15) is 0 Å². The topological polar surface area (TPSA) is 109 Å². The number of nitrogens with two attached hydrogens (primary N) is 1. The van der Waals surface area contributed by atoms with Gasteiger partial charge in [-0.05, 0) is 50.3 Å². The predicted octanol–water partition coefficient (Wildman–Crippen LogP) is 2.53. The fourth-order valence-corrected chi connectivity index (χ4v) is 3.39. The minimum absolute atomic E-state index is 0. The summed E-state index contributed by atoms with van der Waals surface area (Å²) in [6.07, 6.45) is 4.10. The summed E-state index contributed by atoms with van der Waals surface area (Å²) in [6.45, 7) is 14.0. The van der Waals surface area contributed by atoms with Gasteiger partial charge in [-0.1, -0.05) is 38.5 Å². The Kier molecular flexibility index (Phi) is 16.2. The number of rotatable bonds is 7. The van der Waals surface area contributed by atoms with Gasteiger partial charge in [-0.15, -0.1) is 11.4 Å². The van der Waals surface area contributed by atoms with E-state index < -0.39 is 0 Å². The SMILES string of the molecule is C=Nc1cc([N-]c2ccc(NC)c(C=N)c2)ccc1N.C=O.CCC1CCN(CC)C1.[K+]. The van der Waals surface area contributed by atoms with E-state index in [0.717, 1.165) is 28.5 Å². The number of benzene rings is 2. The molecule has 0 spiro atoms. The number of nitrogens with one attached hydrogen (secondary N) is 2. The summed E-state index contributed by atoms with van der Waals surface area (Å²) in [5.41, 5.74) is 10.1. The number of likely N-dealkylation sites (tertiary alicyclic amines) is 1. The average molecular weight is 463 g/mol. The number of hydrogen-bond acceptors (Lipinski definition) is 6. The summed E-state index contributed by atoms with van der Waals surface area (Å²) in [5, 5.41) is 14.9. The van der Waals surface area contributed by atoms with Crippen LogP contribution in [0, 0.1) is 11.3 Å². The van der Waals surface area contributed by atoms with Crippen molar-refractivity contribution in [3.05, 3.63) is 47.3 Å². The molecule has 1 saturated heterocycles. The Hall–Kier alpha value is -1.55. The van der Waals surface area contributed by atoms with Crippen molar-refractivity contribution in [2.75, 3.05) is 37.7 Å². The second-order valence-electron chi connectivity index (χ2n) is 7.14. The molecule has 1 unspecified atom stereocenters. The Morgan fingerprint density at radius 3 is 2.41 bits per heavy atom. The van der Waals surface area contributed by atoms with Gasteiger partial charge in [0.2, 0.25) is 0 Å². The smallest absolute Gasteiger partial charge is 0.658 e. The van der Waals surface area contributed by atoms with E-state index in [1.165, 1.54) is 38.7 Å². The van der Waals surface area contributed by atoms with Crippen molar-refractivity contribution < 1.29 is 56.2 Å². The molecule has 0 amide bonds. The first-order chi connectivity index (χ1) is 15.0. The van der Waals surface area contributed by atoms with E-state index in [2.05, 4.69) is 41.1 Å². The van der Waals surface area contributed by atoms with Gasteiger partial charge in [0.05, 0.1) is 11.4 Å². The maximum atomic E-state index is 8.00. The van der Waals surface area contributed by atoms with E-state index >= 15 is 0 Å². The fraction of sp³-hybridized carbons (Fsp3) is 0.375. The van der Waals surface area contributed by atoms with Crippen LogP contribution in [0.2, 0.25) is 0 Å². The molecule has 1 aliphatic rings. The van der Waals surface area contributed by atoms with Crippen molar-refractivity contribution in [2.24, 2.45) is 10.9 Å². The third kappa shape index (κ3) is 9.52. The van der Waals surface area contributed by atoms with Crippen LogP contribution in [0.15, 0.2) is 41.4 Å². The van der Waals surface area contributed by atoms with Crippen LogP contribution in [0.25, 0.3) is 5.32 Å². The Morgan fingerprint density at radius 2 is 1.91 bits per heavy atom. The van der Waals surface area contributed by atoms with E-state index in [1.807, 2.05) is 38.1 Å². The first-order valence-electron chi connectivity index (χ1n) is 10.5. The molecule has 3 rings (SSSR count). The third-order valence-corrected chi connectivity index (χ3v) is 5.30. The number of carbonyl (C=O) groups excluding carboxylic acids is 1. The molecule has 4 N–H and O–H groups in total. The zero-order valence-corrected chi connectivity index (χ0v) is 23.0. The molecule has 7 nitrogen and oxygen atoms in total. The number of anilines is 2. The molecule has 2 aromatic carbocycles. The zero-order chi connectivity index (χ0) is 23.2. The van der Waals surface area contributed by atoms with Crippen molar-refractivity contribution in [3.63, 3.8) is 0 Å². The normalized spacial score (nSPS) is 14.5. The van der Waals surface area contributed by atoms with E-state index in [1.54, 1.807) is 12.1 Å². The van der Waals surface area contributed by atoms with Crippen LogP contribution in [0.4, 0.5) is 28.4 Å². The Labute approximate surface area is 235 Å². The van der Waals surface area contributed by atoms with Crippen molar-refractivity contribution in [1.29, 1.82) is 5.41 Å². The summed E-state index contributed by atoms with van der Waals surface area (Å²) in [4.78, 5) is 14.4. The van der Waals surface area contributed by atoms with Crippen LogP contribution in [-0.4, -0.2) is 51.3 Å². The summed E-state index contributed by atoms with van der Waals surface area (Å²) < 4.78 is 0. The minimum atomic E-state index is 0. The zero-order valence-electron chi connectivity index (χ0n) is 19.9. The van der Waals surface area contributed by atoms with Crippen LogP contribution in [-0.2, 0) is 4.79 Å². The third-order valence-electron chi connectivity index (χ3n) is 5.30. The number of carbonyl (C=O) groups is 1. The number of hydrogen-bond donors (Lipinski definition) is 3. The van der Waals surface area contributed by atoms with E-state index in [-0.39, 0.29) is 51.4 Å². The van der Waals surface area contributed by atoms with Crippen molar-refractivity contribution in [3.8, 4) is 0 Å². The van der Waals surface area contributed by atoms with Gasteiger partial charge in [0.1, 0.15) is 6.79 Å². The predicted molar refractivity (Wildman–Crippen MR) is 134 cm³/mol. The second-order valence-corrected chi connectivity index (χ2v) is 7.14. The minimum Gasteiger partial charge on any atom is -0.658 e. The summed E-state index contributed by atoms with van der Waals surface area (Å²) in [5.74, 6) is 1.00. The standard InChI is InChI=1S/C15H16N5.C8H17N.CH2O.K/c1-18-14-6-4-11(7-10(14)9-16)20-12-3-5-13(17)15(8-12)19-2;1-3-8-5-6-9(4-2)7-8;1-2;/h3-9,16,18H,2,17H2,1H3;8H,3-7H2,1-2H3;1H2;/q-1;;;+1. The molecular weight excluding hydrogens is 427 g/mol. The molecule has 0 bridgehead atoms. The van der Waals surface area contributed by atoms with E-state index in [0.29, 0.717) is 11.4 Å². The molecule has 32 heavy (non-hydrogen) atoms. The molecule has 0 radical (unpaired) electrons. The Morgan fingerprint density at radius 1 is 1.25 bits per heavy atom. The van der Waals surface area contributed by atoms with Crippen molar-refractivity contribution in [1.82, 2.24) is 4.90 Å². The molecular formula is C24H35KN6O. The van der Waals surface area contributed by atoms with Crippen LogP contribution in [0.1, 0.15) is 32.3 Å². The van der Waals surface area contributed by atoms with Gasteiger partial charge < -0.3 is 31.5 Å². The van der Waals surface area contributed by atoms with Gasteiger partial charge in [0.15, 0.2) is 0 Å². The van der Waals surface area contributed by atoms with Crippen LogP contribution in [0.3, 0.4) is 0 Å². The molecule has 168 valence electrons. The van der Waals surface area contributed by atoms with Gasteiger partial charge in [-0.2, -0.15) is 0 Å². The van der Waals surface area contributed by atoms with Crippen LogP contribution >= 0.6 is 0 Å². The fourth-order valence-electron chi connectivity index (χ4n) is 3.39. The quantitative estimate of drug-likeness (QED) is 0.334. The van der Waals surface area contributed by atoms with Gasteiger partial charge >= 0.3 is 51.4 Å². The van der Waals surface area contributed by atoms with Crippen LogP contribution < -0.4 is 62.4 Å². The molecule has 1 fully saturated rings. The summed E-state index contributed by atoms with van der Waals surface area (Å²) in [7, 11) is 1.82. The van der Waals surface area contributed by atoms with Gasteiger partial charge in [-0.25, -0.2) is 0 Å². The van der Waals surface area contributed by atoms with Crippen molar-refractivity contribution >= 4 is 48.2 Å². The summed E-state index contributed by atoms with van der Waals surface area (Å²) >= 11 is 0. The first kappa shape index (κ1) is 30.4. The second kappa shape index (κ2) is 17.0. The first-order valence-corrected chi connectivity index (χ1v) is 10.5. The number of nitrogens with zero attached hydrogens (tertiary/aromatic N) is 3. The molecule has 0 aromatic heterocycles. The number of aliphatic imine (C=N–C) groups is 1. The Balaban J connectivity index is 0.000000674. The molecule has 0 saturated carbocycles. The molecule has 8 heteroatoms. The number of nitrogen functional groups attached to an aromatic ring is 1. The molecule has 1 aliphatic heterocycles. The maximum absolute atomic E-state index is 8.00. The van der Waals surface area contributed by atoms with Gasteiger partial charge in [0, 0.05) is 31.1 Å².